The molecule has 0 spiro atoms. The molecule has 26 heavy (non-hydrogen) atoms. The smallest absolute Gasteiger partial charge is 0.319 e. The number of fused-ring (bicyclic) bond motifs is 5. The minimum Gasteiger partial charge on any atom is -0.319 e. The quantitative estimate of drug-likeness (QED) is 0.535. The summed E-state index contributed by atoms with van der Waals surface area (Å²) in [7, 11) is 0. The topological polar surface area (TPSA) is 69.0 Å². The molecule has 128 valence electrons. The molecule has 2 aromatic carbocycles. The first-order chi connectivity index (χ1) is 12.6. The van der Waals surface area contributed by atoms with Crippen molar-refractivity contribution < 1.29 is 0 Å². The van der Waals surface area contributed by atoms with Crippen LogP contribution in [0.15, 0.2) is 64.2 Å². The van der Waals surface area contributed by atoms with Gasteiger partial charge in [0.15, 0.2) is 0 Å². The predicted octanol–water partition coefficient (Wildman–Crippen LogP) is 4.16. The van der Waals surface area contributed by atoms with Gasteiger partial charge in [-0.3, -0.25) is 14.8 Å². The number of rotatable bonds is 1. The molecule has 1 aliphatic rings. The number of H-pyrrole nitrogens is 2. The van der Waals surface area contributed by atoms with E-state index in [2.05, 4.69) is 23.0 Å². The standard InChI is InChI=1S/C20H15N3O2S/c1-11-17-15(13-9-5-6-10-14(13)26-17)16-18(21-20(25)22-19(16)24)23(11)12-7-3-2-4-8-12/h2-11H,1H3,(H2,21,22,24,25). The van der Waals surface area contributed by atoms with E-state index in [1.54, 1.807) is 11.3 Å². The highest BCUT2D eigenvalue weighted by atomic mass is 32.1. The van der Waals surface area contributed by atoms with Crippen molar-refractivity contribution in [2.45, 2.75) is 13.0 Å². The van der Waals surface area contributed by atoms with Crippen LogP contribution >= 0.6 is 11.3 Å². The molecule has 4 aromatic rings. The molecule has 6 heteroatoms. The van der Waals surface area contributed by atoms with Crippen molar-refractivity contribution in [1.29, 1.82) is 0 Å². The summed E-state index contributed by atoms with van der Waals surface area (Å²) in [5, 5.41) is 1.05. The number of para-hydroxylation sites is 1. The highest BCUT2D eigenvalue weighted by Crippen LogP contribution is 2.51. The number of hydrogen-bond acceptors (Lipinski definition) is 4. The van der Waals surface area contributed by atoms with E-state index in [4.69, 9.17) is 0 Å². The normalized spacial score (nSPS) is 15.7. The van der Waals surface area contributed by atoms with Gasteiger partial charge in [-0.15, -0.1) is 11.3 Å². The fourth-order valence-electron chi connectivity index (χ4n) is 3.76. The molecule has 0 saturated heterocycles. The SMILES string of the molecule is CC1c2sc3ccccc3c2-c2c([nH]c(=O)[nH]c2=O)N1c1ccccc1. The highest BCUT2D eigenvalue weighted by Gasteiger charge is 2.35. The third kappa shape index (κ3) is 2.02. The molecule has 0 bridgehead atoms. The van der Waals surface area contributed by atoms with Crippen LogP contribution in [0.4, 0.5) is 11.5 Å². The lowest BCUT2D eigenvalue weighted by atomic mass is 9.95. The van der Waals surface area contributed by atoms with Gasteiger partial charge in [-0.05, 0) is 25.1 Å². The van der Waals surface area contributed by atoms with Crippen LogP contribution in [0.3, 0.4) is 0 Å². The van der Waals surface area contributed by atoms with Crippen LogP contribution in [0.5, 0.6) is 0 Å². The summed E-state index contributed by atoms with van der Waals surface area (Å²) >= 11 is 1.70. The van der Waals surface area contributed by atoms with Crippen LogP contribution in [0, 0.1) is 0 Å². The zero-order chi connectivity index (χ0) is 17.8. The van der Waals surface area contributed by atoms with E-state index in [1.807, 2.05) is 53.4 Å². The van der Waals surface area contributed by atoms with E-state index in [0.717, 1.165) is 26.2 Å². The highest BCUT2D eigenvalue weighted by molar-refractivity contribution is 7.19. The van der Waals surface area contributed by atoms with Gasteiger partial charge in [0.05, 0.1) is 11.6 Å². The second kappa shape index (κ2) is 5.44. The number of aromatic nitrogens is 2. The Balaban J connectivity index is 1.93. The average molecular weight is 361 g/mol. The summed E-state index contributed by atoms with van der Waals surface area (Å²) in [6, 6.07) is 17.9. The Morgan fingerprint density at radius 1 is 0.923 bits per heavy atom. The fourth-order valence-corrected chi connectivity index (χ4v) is 5.01. The molecule has 1 unspecified atom stereocenters. The summed E-state index contributed by atoms with van der Waals surface area (Å²) in [6.07, 6.45) is 0. The van der Waals surface area contributed by atoms with Crippen molar-refractivity contribution in [3.63, 3.8) is 0 Å². The molecule has 5 nitrogen and oxygen atoms in total. The van der Waals surface area contributed by atoms with Gasteiger partial charge in [0.1, 0.15) is 5.82 Å². The van der Waals surface area contributed by atoms with Crippen molar-refractivity contribution in [1.82, 2.24) is 9.97 Å². The monoisotopic (exact) mass is 361 g/mol. The zero-order valence-electron chi connectivity index (χ0n) is 13.9. The van der Waals surface area contributed by atoms with E-state index >= 15 is 0 Å². The summed E-state index contributed by atoms with van der Waals surface area (Å²) in [5.41, 5.74) is 1.54. The van der Waals surface area contributed by atoms with Crippen molar-refractivity contribution in [2.75, 3.05) is 4.90 Å². The van der Waals surface area contributed by atoms with Gasteiger partial charge in [0.2, 0.25) is 0 Å². The van der Waals surface area contributed by atoms with Crippen LogP contribution in [-0.4, -0.2) is 9.97 Å². The maximum Gasteiger partial charge on any atom is 0.327 e. The van der Waals surface area contributed by atoms with Crippen LogP contribution in [0.2, 0.25) is 0 Å². The van der Waals surface area contributed by atoms with Crippen molar-refractivity contribution >= 4 is 32.9 Å². The Bertz CT molecular complexity index is 1250. The molecular weight excluding hydrogens is 346 g/mol. The fraction of sp³-hybridized carbons (Fsp3) is 0.100. The van der Waals surface area contributed by atoms with Gasteiger partial charge in [-0.1, -0.05) is 36.4 Å². The molecule has 0 fully saturated rings. The lowest BCUT2D eigenvalue weighted by molar-refractivity contribution is 0.761. The molecule has 0 aliphatic carbocycles. The molecule has 0 saturated carbocycles. The van der Waals surface area contributed by atoms with Crippen LogP contribution < -0.4 is 16.1 Å². The zero-order valence-corrected chi connectivity index (χ0v) is 14.8. The third-order valence-corrected chi connectivity index (χ3v) is 6.18. The van der Waals surface area contributed by atoms with Gasteiger partial charge in [0, 0.05) is 26.2 Å². The largest absolute Gasteiger partial charge is 0.327 e. The van der Waals surface area contributed by atoms with Gasteiger partial charge in [0.25, 0.3) is 5.56 Å². The maximum absolute atomic E-state index is 12.8. The van der Waals surface area contributed by atoms with Crippen molar-refractivity contribution in [2.24, 2.45) is 0 Å². The molecule has 2 N–H and O–H groups in total. The first-order valence-electron chi connectivity index (χ1n) is 8.38. The molecule has 5 rings (SSSR count). The van der Waals surface area contributed by atoms with Crippen molar-refractivity contribution in [3.8, 4) is 11.1 Å². The Kier molecular flexibility index (Phi) is 3.17. The molecule has 0 radical (unpaired) electrons. The number of aromatic amines is 2. The number of benzene rings is 2. The Hall–Kier alpha value is -3.12. The first-order valence-corrected chi connectivity index (χ1v) is 9.19. The molecular formula is C20H15N3O2S. The number of nitrogens with one attached hydrogen (secondary N) is 2. The average Bonchev–Trinajstić information content (AvgIpc) is 3.02. The Morgan fingerprint density at radius 3 is 2.46 bits per heavy atom. The Labute approximate surface area is 152 Å². The van der Waals surface area contributed by atoms with E-state index in [9.17, 15) is 9.59 Å². The number of anilines is 2. The Morgan fingerprint density at radius 2 is 1.65 bits per heavy atom. The minimum absolute atomic E-state index is 0.00486. The number of hydrogen-bond donors (Lipinski definition) is 2. The third-order valence-electron chi connectivity index (χ3n) is 4.84. The minimum atomic E-state index is -0.495. The second-order valence-corrected chi connectivity index (χ2v) is 7.43. The predicted molar refractivity (Wildman–Crippen MR) is 105 cm³/mol. The molecule has 1 aliphatic heterocycles. The van der Waals surface area contributed by atoms with Gasteiger partial charge in [-0.25, -0.2) is 4.79 Å². The van der Waals surface area contributed by atoms with E-state index < -0.39 is 5.69 Å². The summed E-state index contributed by atoms with van der Waals surface area (Å²) in [5.74, 6) is 0.550. The van der Waals surface area contributed by atoms with Gasteiger partial charge in [-0.2, -0.15) is 0 Å². The molecule has 1 atom stereocenters. The maximum atomic E-state index is 12.8. The van der Waals surface area contributed by atoms with E-state index in [0.29, 0.717) is 11.4 Å². The number of thiophene rings is 1. The molecule has 3 heterocycles. The van der Waals surface area contributed by atoms with Crippen LogP contribution in [0.1, 0.15) is 17.8 Å². The van der Waals surface area contributed by atoms with E-state index in [1.165, 1.54) is 0 Å². The van der Waals surface area contributed by atoms with Crippen LogP contribution in [-0.2, 0) is 0 Å². The van der Waals surface area contributed by atoms with Gasteiger partial charge >= 0.3 is 5.69 Å². The van der Waals surface area contributed by atoms with E-state index in [-0.39, 0.29) is 11.6 Å². The van der Waals surface area contributed by atoms with Crippen LogP contribution in [0.25, 0.3) is 21.2 Å². The summed E-state index contributed by atoms with van der Waals surface area (Å²) in [4.78, 5) is 33.2. The molecule has 0 amide bonds. The first kappa shape index (κ1) is 15.2. The summed E-state index contributed by atoms with van der Waals surface area (Å²) in [6.45, 7) is 2.10. The van der Waals surface area contributed by atoms with Gasteiger partial charge < -0.3 is 4.90 Å². The lowest BCUT2D eigenvalue weighted by Crippen LogP contribution is -2.34. The van der Waals surface area contributed by atoms with Crippen molar-refractivity contribution in [3.05, 3.63) is 80.3 Å². The second-order valence-electron chi connectivity index (χ2n) is 6.35. The number of nitrogens with zero attached hydrogens (tertiary/aromatic N) is 1. The lowest BCUT2D eigenvalue weighted by Gasteiger charge is -2.35. The molecule has 2 aromatic heterocycles. The summed E-state index contributed by atoms with van der Waals surface area (Å²) < 4.78 is 1.14.